The number of benzene rings is 1. The number of esters is 1. The topological polar surface area (TPSA) is 114 Å². The van der Waals surface area contributed by atoms with Gasteiger partial charge in [0.25, 0.3) is 5.91 Å². The second-order valence-corrected chi connectivity index (χ2v) is 6.30. The van der Waals surface area contributed by atoms with Gasteiger partial charge in [0.15, 0.2) is 6.10 Å². The summed E-state index contributed by atoms with van der Waals surface area (Å²) in [5.74, 6) is -1.32. The summed E-state index contributed by atoms with van der Waals surface area (Å²) < 4.78 is 10.6. The highest BCUT2D eigenvalue weighted by Gasteiger charge is 2.27. The summed E-state index contributed by atoms with van der Waals surface area (Å²) in [5, 5.41) is 4.58. The Morgan fingerprint density at radius 3 is 2.63 bits per heavy atom. The highest BCUT2D eigenvalue weighted by atomic mass is 16.5. The van der Waals surface area contributed by atoms with Crippen LogP contribution in [0.4, 0.5) is 10.5 Å². The van der Waals surface area contributed by atoms with Gasteiger partial charge in [-0.15, -0.1) is 0 Å². The summed E-state index contributed by atoms with van der Waals surface area (Å²) in [6.45, 7) is 4.68. The van der Waals surface area contributed by atoms with E-state index in [2.05, 4.69) is 10.6 Å². The van der Waals surface area contributed by atoms with E-state index in [9.17, 15) is 19.2 Å². The maximum Gasteiger partial charge on any atom is 0.326 e. The van der Waals surface area contributed by atoms with E-state index in [0.29, 0.717) is 11.4 Å². The molecule has 0 spiro atoms. The lowest BCUT2D eigenvalue weighted by Crippen LogP contribution is -2.47. The van der Waals surface area contributed by atoms with Gasteiger partial charge in [-0.2, -0.15) is 0 Å². The number of amides is 4. The van der Waals surface area contributed by atoms with Gasteiger partial charge in [0.05, 0.1) is 18.7 Å². The van der Waals surface area contributed by atoms with Crippen molar-refractivity contribution in [2.24, 2.45) is 0 Å². The standard InChI is InChI=1S/C18H23N3O6/c1-11(2)19-18(25)20-17(24)12(3)27-16(23)10-21-13-6-4-5-7-14(13)26-9-8-15(21)22/h4-7,11-12H,8-10H2,1-3H3,(H2,19,20,24,25)/t12-/m1/s1. The fourth-order valence-corrected chi connectivity index (χ4v) is 2.42. The molecule has 0 bridgehead atoms. The predicted octanol–water partition coefficient (Wildman–Crippen LogP) is 0.968. The van der Waals surface area contributed by atoms with Crippen LogP contribution in [0.1, 0.15) is 27.2 Å². The van der Waals surface area contributed by atoms with E-state index in [0.717, 1.165) is 0 Å². The molecule has 0 saturated heterocycles. The smallest absolute Gasteiger partial charge is 0.326 e. The number of ether oxygens (including phenoxy) is 2. The summed E-state index contributed by atoms with van der Waals surface area (Å²) in [4.78, 5) is 49.2. The molecule has 1 atom stereocenters. The molecule has 0 aliphatic carbocycles. The SMILES string of the molecule is CC(C)NC(=O)NC(=O)[C@@H](C)OC(=O)CN1C(=O)CCOc2ccccc21. The second kappa shape index (κ2) is 9.02. The van der Waals surface area contributed by atoms with E-state index in [4.69, 9.17) is 9.47 Å². The molecule has 1 aliphatic heterocycles. The molecule has 0 unspecified atom stereocenters. The summed E-state index contributed by atoms with van der Waals surface area (Å²) in [5.41, 5.74) is 0.463. The average Bonchev–Trinajstić information content (AvgIpc) is 2.73. The Bertz CT molecular complexity index is 734. The molecule has 9 nitrogen and oxygen atoms in total. The highest BCUT2D eigenvalue weighted by molar-refractivity contribution is 6.00. The fourth-order valence-electron chi connectivity index (χ4n) is 2.42. The average molecular weight is 377 g/mol. The molecular formula is C18H23N3O6. The zero-order chi connectivity index (χ0) is 20.0. The third-order valence-electron chi connectivity index (χ3n) is 3.65. The molecule has 0 fully saturated rings. The van der Waals surface area contributed by atoms with Crippen LogP contribution in [0.5, 0.6) is 5.75 Å². The number of para-hydroxylation sites is 2. The molecule has 0 radical (unpaired) electrons. The zero-order valence-electron chi connectivity index (χ0n) is 15.5. The highest BCUT2D eigenvalue weighted by Crippen LogP contribution is 2.30. The van der Waals surface area contributed by atoms with Gasteiger partial charge in [0.2, 0.25) is 5.91 Å². The van der Waals surface area contributed by atoms with Crippen molar-refractivity contribution < 1.29 is 28.7 Å². The van der Waals surface area contributed by atoms with E-state index in [1.807, 2.05) is 0 Å². The Kier molecular flexibility index (Phi) is 6.75. The van der Waals surface area contributed by atoms with Crippen LogP contribution in [-0.2, 0) is 19.1 Å². The van der Waals surface area contributed by atoms with Gasteiger partial charge in [0.1, 0.15) is 12.3 Å². The van der Waals surface area contributed by atoms with Gasteiger partial charge in [-0.05, 0) is 32.9 Å². The van der Waals surface area contributed by atoms with E-state index < -0.39 is 24.0 Å². The molecule has 1 aliphatic rings. The molecule has 27 heavy (non-hydrogen) atoms. The van der Waals surface area contributed by atoms with Crippen LogP contribution in [-0.4, -0.2) is 49.1 Å². The van der Waals surface area contributed by atoms with E-state index in [1.54, 1.807) is 38.1 Å². The Morgan fingerprint density at radius 1 is 1.22 bits per heavy atom. The van der Waals surface area contributed by atoms with Crippen LogP contribution in [0.25, 0.3) is 0 Å². The van der Waals surface area contributed by atoms with Crippen LogP contribution in [0.15, 0.2) is 24.3 Å². The van der Waals surface area contributed by atoms with Gasteiger partial charge >= 0.3 is 12.0 Å². The number of carbonyl (C=O) groups is 4. The number of carbonyl (C=O) groups excluding carboxylic acids is 4. The number of urea groups is 1. The molecular weight excluding hydrogens is 354 g/mol. The molecule has 0 saturated carbocycles. The molecule has 0 aromatic heterocycles. The van der Waals surface area contributed by atoms with Crippen LogP contribution >= 0.6 is 0 Å². The first-order valence-electron chi connectivity index (χ1n) is 8.61. The minimum atomic E-state index is -1.19. The van der Waals surface area contributed by atoms with Crippen molar-refractivity contribution >= 4 is 29.5 Å². The minimum absolute atomic E-state index is 0.118. The van der Waals surface area contributed by atoms with Crippen LogP contribution < -0.4 is 20.3 Å². The van der Waals surface area contributed by atoms with Crippen molar-refractivity contribution in [3.8, 4) is 5.75 Å². The van der Waals surface area contributed by atoms with Crippen molar-refractivity contribution in [2.45, 2.75) is 39.3 Å². The van der Waals surface area contributed by atoms with Gasteiger partial charge < -0.3 is 14.8 Å². The summed E-state index contributed by atoms with van der Waals surface area (Å²) in [6, 6.07) is 6.04. The fraction of sp³-hybridized carbons (Fsp3) is 0.444. The zero-order valence-corrected chi connectivity index (χ0v) is 15.5. The number of nitrogens with zero attached hydrogens (tertiary/aromatic N) is 1. The number of fused-ring (bicyclic) bond motifs is 1. The van der Waals surface area contributed by atoms with E-state index in [-0.39, 0.29) is 31.5 Å². The lowest BCUT2D eigenvalue weighted by Gasteiger charge is -2.22. The molecule has 2 N–H and O–H groups in total. The van der Waals surface area contributed by atoms with Crippen LogP contribution in [0, 0.1) is 0 Å². The monoisotopic (exact) mass is 377 g/mol. The van der Waals surface area contributed by atoms with Gasteiger partial charge in [0, 0.05) is 6.04 Å². The Labute approximate surface area is 157 Å². The first kappa shape index (κ1) is 20.2. The molecule has 1 aromatic rings. The normalized spacial score (nSPS) is 14.5. The molecule has 2 rings (SSSR count). The first-order chi connectivity index (χ1) is 12.8. The third-order valence-corrected chi connectivity index (χ3v) is 3.65. The summed E-state index contributed by atoms with van der Waals surface area (Å²) >= 11 is 0. The quantitative estimate of drug-likeness (QED) is 0.739. The number of rotatable bonds is 5. The van der Waals surface area contributed by atoms with Crippen molar-refractivity contribution in [2.75, 3.05) is 18.1 Å². The third kappa shape index (κ3) is 5.70. The van der Waals surface area contributed by atoms with Gasteiger partial charge in [-0.1, -0.05) is 12.1 Å². The summed E-state index contributed by atoms with van der Waals surface area (Å²) in [6.07, 6.45) is -1.07. The van der Waals surface area contributed by atoms with Crippen LogP contribution in [0.2, 0.25) is 0 Å². The Morgan fingerprint density at radius 2 is 1.93 bits per heavy atom. The maximum atomic E-state index is 12.3. The number of anilines is 1. The largest absolute Gasteiger partial charge is 0.491 e. The van der Waals surface area contributed by atoms with Crippen molar-refractivity contribution in [1.82, 2.24) is 10.6 Å². The number of hydrogen-bond acceptors (Lipinski definition) is 6. The van der Waals surface area contributed by atoms with E-state index in [1.165, 1.54) is 11.8 Å². The number of nitrogens with one attached hydrogen (secondary N) is 2. The Balaban J connectivity index is 1.97. The van der Waals surface area contributed by atoms with Crippen molar-refractivity contribution in [3.05, 3.63) is 24.3 Å². The first-order valence-corrected chi connectivity index (χ1v) is 8.61. The van der Waals surface area contributed by atoms with Gasteiger partial charge in [-0.3, -0.25) is 24.6 Å². The lowest BCUT2D eigenvalue weighted by molar-refractivity contribution is -0.153. The predicted molar refractivity (Wildman–Crippen MR) is 96.3 cm³/mol. The molecule has 1 aromatic carbocycles. The van der Waals surface area contributed by atoms with Crippen molar-refractivity contribution in [1.29, 1.82) is 0 Å². The van der Waals surface area contributed by atoms with Crippen LogP contribution in [0.3, 0.4) is 0 Å². The van der Waals surface area contributed by atoms with E-state index >= 15 is 0 Å². The molecule has 9 heteroatoms. The van der Waals surface area contributed by atoms with Crippen molar-refractivity contribution in [3.63, 3.8) is 0 Å². The lowest BCUT2D eigenvalue weighted by atomic mass is 10.2. The molecule has 146 valence electrons. The Hall–Kier alpha value is -3.10. The molecule has 4 amide bonds. The van der Waals surface area contributed by atoms with Gasteiger partial charge in [-0.25, -0.2) is 4.79 Å². The minimum Gasteiger partial charge on any atom is -0.491 e. The maximum absolute atomic E-state index is 12.3. The number of hydrogen-bond donors (Lipinski definition) is 2. The number of imide groups is 1. The second-order valence-electron chi connectivity index (χ2n) is 6.30. The molecule has 1 heterocycles. The summed E-state index contributed by atoms with van der Waals surface area (Å²) in [7, 11) is 0.